The summed E-state index contributed by atoms with van der Waals surface area (Å²) in [6, 6.07) is 0. The minimum atomic E-state index is -3.36. The molecule has 0 rings (SSSR count). The molecule has 0 aromatic carbocycles. The molecule has 2 N–H and O–H groups in total. The summed E-state index contributed by atoms with van der Waals surface area (Å²) >= 11 is 0. The van der Waals surface area contributed by atoms with Gasteiger partial charge in [0.15, 0.2) is 6.29 Å². The molecule has 5 nitrogen and oxygen atoms in total. The summed E-state index contributed by atoms with van der Waals surface area (Å²) in [5.74, 6) is 0. The van der Waals surface area contributed by atoms with Crippen LogP contribution in [0.1, 0.15) is 0 Å². The molecular weight excluding hydrogens is 155 g/mol. The van der Waals surface area contributed by atoms with Crippen LogP contribution in [0.25, 0.3) is 0 Å². The van der Waals surface area contributed by atoms with Crippen LogP contribution < -0.4 is 34.4 Å². The van der Waals surface area contributed by atoms with Gasteiger partial charge in [-0.2, -0.15) is 0 Å². The second-order valence-electron chi connectivity index (χ2n) is 1.01. The zero-order chi connectivity index (χ0) is 6.57. The Morgan fingerprint density at radius 3 is 2.33 bits per heavy atom. The van der Waals surface area contributed by atoms with Crippen LogP contribution >= 0.6 is 0 Å². The van der Waals surface area contributed by atoms with E-state index in [2.05, 4.69) is 4.43 Å². The van der Waals surface area contributed by atoms with Crippen LogP contribution in [-0.4, -0.2) is 32.3 Å². The van der Waals surface area contributed by atoms with E-state index in [1.54, 1.807) is 0 Å². The van der Waals surface area contributed by atoms with Crippen LogP contribution in [0.5, 0.6) is 0 Å². The largest absolute Gasteiger partial charge is 1.00 e. The van der Waals surface area contributed by atoms with Crippen LogP contribution in [0.15, 0.2) is 0 Å². The van der Waals surface area contributed by atoms with Crippen molar-refractivity contribution < 1.29 is 53.5 Å². The number of rotatable bonds is 3. The average Bonchev–Trinajstić information content (AvgIpc) is 1.65. The van der Waals surface area contributed by atoms with E-state index < -0.39 is 22.1 Å². The van der Waals surface area contributed by atoms with E-state index in [9.17, 15) is 9.26 Å². The molecule has 0 aliphatic carbocycles. The topological polar surface area (TPSA) is 89.8 Å². The number of aliphatic hydroxyl groups is 2. The second-order valence-corrected chi connectivity index (χ2v) is 1.74. The standard InChI is InChI=1S/C2H5O5Si.Na/c3-1-2(4)7-8(5)6;/h2-4H,1H2;/q-1;+1. The van der Waals surface area contributed by atoms with Gasteiger partial charge in [-0.05, 0) is 0 Å². The SMILES string of the molecule is O=[Si]([O-])OC(O)CO.[Na+]. The van der Waals surface area contributed by atoms with Gasteiger partial charge in [0.05, 0.1) is 6.61 Å². The van der Waals surface area contributed by atoms with Gasteiger partial charge in [-0.15, -0.1) is 0 Å². The van der Waals surface area contributed by atoms with Gasteiger partial charge in [-0.3, -0.25) is 0 Å². The Hall–Kier alpha value is 0.537. The Labute approximate surface area is 75.5 Å². The third-order valence-electron chi connectivity index (χ3n) is 0.388. The molecule has 0 aliphatic heterocycles. The van der Waals surface area contributed by atoms with Crippen molar-refractivity contribution in [1.82, 2.24) is 0 Å². The van der Waals surface area contributed by atoms with Crippen molar-refractivity contribution in [2.75, 3.05) is 6.61 Å². The first-order chi connectivity index (χ1) is 3.66. The van der Waals surface area contributed by atoms with Crippen LogP contribution in [0, 0.1) is 0 Å². The van der Waals surface area contributed by atoms with Gasteiger partial charge in [0.1, 0.15) is 0 Å². The van der Waals surface area contributed by atoms with Crippen LogP contribution in [0.4, 0.5) is 0 Å². The van der Waals surface area contributed by atoms with Crippen molar-refractivity contribution in [3.63, 3.8) is 0 Å². The van der Waals surface area contributed by atoms with Gasteiger partial charge < -0.3 is 23.9 Å². The summed E-state index contributed by atoms with van der Waals surface area (Å²) in [4.78, 5) is 9.55. The molecule has 1 atom stereocenters. The van der Waals surface area contributed by atoms with E-state index in [0.717, 1.165) is 0 Å². The van der Waals surface area contributed by atoms with Gasteiger partial charge in [-0.1, -0.05) is 0 Å². The zero-order valence-corrected chi connectivity index (χ0v) is 7.90. The maximum Gasteiger partial charge on any atom is 1.00 e. The van der Waals surface area contributed by atoms with E-state index in [0.29, 0.717) is 0 Å². The molecule has 0 aliphatic rings. The van der Waals surface area contributed by atoms with Crippen molar-refractivity contribution in [1.29, 1.82) is 0 Å². The molecule has 0 saturated carbocycles. The number of aliphatic hydroxyl groups excluding tert-OH is 2. The average molecular weight is 160 g/mol. The van der Waals surface area contributed by atoms with E-state index in [4.69, 9.17) is 10.2 Å². The van der Waals surface area contributed by atoms with Crippen LogP contribution in [0.3, 0.4) is 0 Å². The quantitative estimate of drug-likeness (QED) is 0.317. The maximum absolute atomic E-state index is 9.55. The van der Waals surface area contributed by atoms with E-state index in [1.807, 2.05) is 0 Å². The van der Waals surface area contributed by atoms with Crippen LogP contribution in [-0.2, 0) is 8.89 Å². The molecular formula is C2H5NaO5Si. The van der Waals surface area contributed by atoms with E-state index in [1.165, 1.54) is 0 Å². The smallest absolute Gasteiger partial charge is 0.561 e. The van der Waals surface area contributed by atoms with E-state index >= 15 is 0 Å². The van der Waals surface area contributed by atoms with E-state index in [-0.39, 0.29) is 29.6 Å². The Morgan fingerprint density at radius 2 is 2.22 bits per heavy atom. The predicted molar refractivity (Wildman–Crippen MR) is 20.6 cm³/mol. The fraction of sp³-hybridized carbons (Fsp3) is 1.00. The fourth-order valence-electron chi connectivity index (χ4n) is 0.148. The summed E-state index contributed by atoms with van der Waals surface area (Å²) < 4.78 is 13.2. The second kappa shape index (κ2) is 6.65. The zero-order valence-electron chi connectivity index (χ0n) is 4.90. The maximum atomic E-state index is 9.55. The summed E-state index contributed by atoms with van der Waals surface area (Å²) in [6.45, 7) is -0.710. The molecule has 0 aromatic rings. The third kappa shape index (κ3) is 8.54. The normalized spacial score (nSPS) is 11.3. The Balaban J connectivity index is 0. The first-order valence-corrected chi connectivity index (χ1v) is 3.06. The summed E-state index contributed by atoms with van der Waals surface area (Å²) in [6.07, 6.45) is -1.60. The van der Waals surface area contributed by atoms with Crippen molar-refractivity contribution in [3.05, 3.63) is 0 Å². The molecule has 0 saturated heterocycles. The first kappa shape index (κ1) is 12.2. The first-order valence-electron chi connectivity index (χ1n) is 1.83. The van der Waals surface area contributed by atoms with Crippen molar-refractivity contribution in [3.8, 4) is 0 Å². The van der Waals surface area contributed by atoms with Crippen molar-refractivity contribution >= 4 is 9.17 Å². The molecule has 0 aromatic heterocycles. The molecule has 48 valence electrons. The number of hydrogen-bond donors (Lipinski definition) is 2. The minimum Gasteiger partial charge on any atom is -0.561 e. The molecule has 0 spiro atoms. The summed E-state index contributed by atoms with van der Waals surface area (Å²) in [5.41, 5.74) is 0. The molecule has 0 fully saturated rings. The summed E-state index contributed by atoms with van der Waals surface area (Å²) in [7, 11) is -3.36. The molecule has 1 unspecified atom stereocenters. The summed E-state index contributed by atoms with van der Waals surface area (Å²) in [5, 5.41) is 16.1. The molecule has 7 heteroatoms. The molecule has 0 radical (unpaired) electrons. The van der Waals surface area contributed by atoms with Gasteiger partial charge in [-0.25, -0.2) is 0 Å². The predicted octanol–water partition coefficient (Wildman–Crippen LogP) is -5.91. The number of hydrogen-bond acceptors (Lipinski definition) is 5. The monoisotopic (exact) mass is 160 g/mol. The van der Waals surface area contributed by atoms with Gasteiger partial charge >= 0.3 is 38.7 Å². The van der Waals surface area contributed by atoms with Crippen LogP contribution in [0.2, 0.25) is 0 Å². The molecule has 0 heterocycles. The van der Waals surface area contributed by atoms with Crippen molar-refractivity contribution in [2.24, 2.45) is 0 Å². The Bertz CT molecular complexity index is 87.0. The van der Waals surface area contributed by atoms with Gasteiger partial charge in [0, 0.05) is 0 Å². The molecule has 0 bridgehead atoms. The van der Waals surface area contributed by atoms with Gasteiger partial charge in [0.25, 0.3) is 0 Å². The Morgan fingerprint density at radius 1 is 1.78 bits per heavy atom. The Kier molecular flexibility index (Phi) is 9.05. The van der Waals surface area contributed by atoms with Crippen molar-refractivity contribution in [2.45, 2.75) is 6.29 Å². The third-order valence-corrected chi connectivity index (χ3v) is 0.853. The fourth-order valence-corrected chi connectivity index (χ4v) is 0.445. The molecule has 9 heavy (non-hydrogen) atoms. The molecule has 0 amide bonds. The minimum absolute atomic E-state index is 0. The van der Waals surface area contributed by atoms with Gasteiger partial charge in [0.2, 0.25) is 0 Å².